The number of aromatic nitrogens is 6. The number of hydrogen-bond donors (Lipinski definition) is 0. The van der Waals surface area contributed by atoms with Crippen molar-refractivity contribution in [3.05, 3.63) is 314 Å². The number of rotatable bonds is 11. The summed E-state index contributed by atoms with van der Waals surface area (Å²) in [5.41, 5.74) is 24.0. The van der Waals surface area contributed by atoms with Crippen LogP contribution in [0.15, 0.2) is 298 Å². The van der Waals surface area contributed by atoms with E-state index in [4.69, 9.17) is 19.9 Å². The van der Waals surface area contributed by atoms with Crippen LogP contribution in [0.1, 0.15) is 16.7 Å². The maximum Gasteiger partial charge on any atom is 0.104 e. The zero-order chi connectivity index (χ0) is 60.9. The Morgan fingerprint density at radius 1 is 0.264 bits per heavy atom. The molecule has 0 bridgehead atoms. The molecule has 10 aromatic carbocycles. The first-order valence-electron chi connectivity index (χ1n) is 30.2. The molecule has 8 nitrogen and oxygen atoms in total. The summed E-state index contributed by atoms with van der Waals surface area (Å²) in [6.07, 6.45) is 7.77. The molecule has 16 rings (SSSR count). The Kier molecular flexibility index (Phi) is 13.4. The number of aryl methyl sites for hydroxylation is 1. The smallest absolute Gasteiger partial charge is 0.104 e. The summed E-state index contributed by atoms with van der Waals surface area (Å²) in [5.74, 6) is 0. The molecule has 0 saturated heterocycles. The van der Waals surface area contributed by atoms with Crippen LogP contribution in [0.25, 0.3) is 156 Å². The van der Waals surface area contributed by atoms with Crippen molar-refractivity contribution >= 4 is 43.6 Å². The molecule has 8 heteroatoms. The number of pyridine rings is 4. The third kappa shape index (κ3) is 9.84. The molecule has 0 spiro atoms. The van der Waals surface area contributed by atoms with Crippen molar-refractivity contribution in [2.24, 2.45) is 0 Å². The van der Waals surface area contributed by atoms with Crippen LogP contribution in [0, 0.1) is 29.6 Å². The Hall–Kier alpha value is -12.6. The minimum Gasteiger partial charge on any atom is -0.308 e. The van der Waals surface area contributed by atoms with E-state index in [0.29, 0.717) is 22.5 Å². The molecule has 0 aliphatic rings. The van der Waals surface area contributed by atoms with Gasteiger partial charge < -0.3 is 9.13 Å². The molecular formula is C83H52N8. The molecule has 0 atom stereocenters. The van der Waals surface area contributed by atoms with Gasteiger partial charge in [0.15, 0.2) is 0 Å². The van der Waals surface area contributed by atoms with Gasteiger partial charge in [-0.25, -0.2) is 0 Å². The molecule has 0 saturated carbocycles. The standard InChI is InChI=1S/C83H52N8/c1-53-38-54(47-84)40-67(39-53)68-45-82(90-78-41-59(63-26-34-74(86-49-63)55-14-6-2-7-15-55)22-30-69(78)70-31-23-60(42-79(70)90)64-27-35-75(87-50-64)56-16-8-3-9-17-56)73(48-85)83(46-68)91-80-43-61(65-28-36-76(88-51-65)57-18-10-4-11-19-57)24-32-71(80)72-33-25-62(44-81(72)91)66-29-37-77(89-52-66)58-20-12-5-13-21-58/h2-46,49-52H,1H3. The highest BCUT2D eigenvalue weighted by atomic mass is 15.0. The van der Waals surface area contributed by atoms with Gasteiger partial charge in [0.05, 0.1) is 67.8 Å². The molecule has 16 aromatic rings. The highest BCUT2D eigenvalue weighted by molar-refractivity contribution is 6.13. The molecule has 0 amide bonds. The first-order chi connectivity index (χ1) is 44.9. The molecule has 0 N–H and O–H groups in total. The normalized spacial score (nSPS) is 11.3. The van der Waals surface area contributed by atoms with E-state index in [9.17, 15) is 10.5 Å². The molecular weight excluding hydrogens is 1110 g/mol. The van der Waals surface area contributed by atoms with Gasteiger partial charge in [-0.1, -0.05) is 200 Å². The summed E-state index contributed by atoms with van der Waals surface area (Å²) in [4.78, 5) is 19.9. The van der Waals surface area contributed by atoms with E-state index in [1.807, 2.05) is 117 Å². The van der Waals surface area contributed by atoms with E-state index in [1.165, 1.54) is 0 Å². The average Bonchev–Trinajstić information content (AvgIpc) is 1.60. The van der Waals surface area contributed by atoms with E-state index in [1.54, 1.807) is 0 Å². The van der Waals surface area contributed by atoms with Crippen molar-refractivity contribution in [1.82, 2.24) is 29.1 Å². The van der Waals surface area contributed by atoms with Crippen molar-refractivity contribution < 1.29 is 0 Å². The second-order valence-corrected chi connectivity index (χ2v) is 23.0. The summed E-state index contributed by atoms with van der Waals surface area (Å²) < 4.78 is 4.54. The Morgan fingerprint density at radius 3 is 0.835 bits per heavy atom. The molecule has 424 valence electrons. The van der Waals surface area contributed by atoms with Crippen molar-refractivity contribution in [1.29, 1.82) is 10.5 Å². The second kappa shape index (κ2) is 22.6. The first-order valence-corrected chi connectivity index (χ1v) is 30.2. The number of fused-ring (bicyclic) bond motifs is 6. The largest absolute Gasteiger partial charge is 0.308 e. The summed E-state index contributed by atoms with van der Waals surface area (Å²) in [7, 11) is 0. The molecule has 0 aliphatic heterocycles. The Balaban J connectivity index is 0.969. The van der Waals surface area contributed by atoms with E-state index in [2.05, 4.69) is 209 Å². The third-order valence-electron chi connectivity index (χ3n) is 17.4. The van der Waals surface area contributed by atoms with Crippen molar-refractivity contribution in [2.45, 2.75) is 6.92 Å². The maximum atomic E-state index is 12.3. The van der Waals surface area contributed by atoms with Gasteiger partial charge in [-0.3, -0.25) is 19.9 Å². The maximum absolute atomic E-state index is 12.3. The lowest BCUT2D eigenvalue weighted by Crippen LogP contribution is -2.05. The molecule has 0 unspecified atom stereocenters. The third-order valence-corrected chi connectivity index (χ3v) is 17.4. The fourth-order valence-electron chi connectivity index (χ4n) is 12.9. The molecule has 6 aromatic heterocycles. The van der Waals surface area contributed by atoms with Gasteiger partial charge in [0.1, 0.15) is 11.6 Å². The number of benzene rings is 10. The fourth-order valence-corrected chi connectivity index (χ4v) is 12.9. The zero-order valence-electron chi connectivity index (χ0n) is 49.4. The van der Waals surface area contributed by atoms with Crippen LogP contribution in [0.2, 0.25) is 0 Å². The van der Waals surface area contributed by atoms with Crippen LogP contribution in [-0.4, -0.2) is 29.1 Å². The fraction of sp³-hybridized carbons (Fsp3) is 0.0120. The first kappa shape index (κ1) is 53.8. The molecule has 0 fully saturated rings. The van der Waals surface area contributed by atoms with Gasteiger partial charge in [0, 0.05) is 90.8 Å². The molecule has 0 radical (unpaired) electrons. The van der Waals surface area contributed by atoms with Crippen LogP contribution in [0.4, 0.5) is 0 Å². The van der Waals surface area contributed by atoms with Crippen LogP contribution >= 0.6 is 0 Å². The lowest BCUT2D eigenvalue weighted by molar-refractivity contribution is 1.12. The van der Waals surface area contributed by atoms with Crippen molar-refractivity contribution in [2.75, 3.05) is 0 Å². The van der Waals surface area contributed by atoms with E-state index >= 15 is 0 Å². The average molecular weight is 1160 g/mol. The van der Waals surface area contributed by atoms with Crippen molar-refractivity contribution in [3.8, 4) is 124 Å². The quantitative estimate of drug-likeness (QED) is 0.128. The Labute approximate surface area is 525 Å². The minimum absolute atomic E-state index is 0.451. The van der Waals surface area contributed by atoms with Crippen molar-refractivity contribution in [3.63, 3.8) is 0 Å². The molecule has 6 heterocycles. The van der Waals surface area contributed by atoms with Crippen LogP contribution < -0.4 is 0 Å². The Morgan fingerprint density at radius 2 is 0.560 bits per heavy atom. The van der Waals surface area contributed by atoms with Gasteiger partial charge in [-0.05, 0) is 119 Å². The van der Waals surface area contributed by atoms with E-state index < -0.39 is 0 Å². The molecule has 0 aliphatic carbocycles. The van der Waals surface area contributed by atoms with Crippen LogP contribution in [0.5, 0.6) is 0 Å². The predicted octanol–water partition coefficient (Wildman–Crippen LogP) is 20.5. The predicted molar refractivity (Wildman–Crippen MR) is 369 cm³/mol. The summed E-state index contributed by atoms with van der Waals surface area (Å²) in [6.45, 7) is 2.02. The SMILES string of the molecule is Cc1cc(C#N)cc(-c2cc(-n3c4cc(-c5ccc(-c6ccccc6)nc5)ccc4c4ccc(-c5ccc(-c6ccccc6)nc5)cc43)c(C#N)c(-n3c4cc(-c5ccc(-c6ccccc6)nc5)ccc4c4ccc(-c5ccc(-c6ccccc6)nc5)cc43)c2)c1. The number of hydrogen-bond acceptors (Lipinski definition) is 6. The van der Waals surface area contributed by atoms with Gasteiger partial charge in [0.25, 0.3) is 0 Å². The van der Waals surface area contributed by atoms with Gasteiger partial charge >= 0.3 is 0 Å². The Bertz CT molecular complexity index is 4960. The summed E-state index contributed by atoms with van der Waals surface area (Å²) in [5, 5.41) is 26.9. The highest BCUT2D eigenvalue weighted by Crippen LogP contribution is 2.44. The minimum atomic E-state index is 0.451. The number of nitriles is 2. The second-order valence-electron chi connectivity index (χ2n) is 23.0. The lowest BCUT2D eigenvalue weighted by atomic mass is 9.97. The summed E-state index contributed by atoms with van der Waals surface area (Å²) in [6, 6.07) is 99.5. The van der Waals surface area contributed by atoms with Crippen LogP contribution in [0.3, 0.4) is 0 Å². The summed E-state index contributed by atoms with van der Waals surface area (Å²) >= 11 is 0. The van der Waals surface area contributed by atoms with E-state index in [0.717, 1.165) is 150 Å². The lowest BCUT2D eigenvalue weighted by Gasteiger charge is -2.19. The molecule has 91 heavy (non-hydrogen) atoms. The van der Waals surface area contributed by atoms with Gasteiger partial charge in [0.2, 0.25) is 0 Å². The topological polar surface area (TPSA) is 109 Å². The van der Waals surface area contributed by atoms with Gasteiger partial charge in [-0.15, -0.1) is 0 Å². The van der Waals surface area contributed by atoms with Gasteiger partial charge in [-0.2, -0.15) is 10.5 Å². The zero-order valence-corrected chi connectivity index (χ0v) is 49.4. The highest BCUT2D eigenvalue weighted by Gasteiger charge is 2.25. The number of nitrogens with zero attached hydrogens (tertiary/aromatic N) is 8. The monoisotopic (exact) mass is 1160 g/mol. The van der Waals surface area contributed by atoms with E-state index in [-0.39, 0.29) is 0 Å². The van der Waals surface area contributed by atoms with Crippen LogP contribution in [-0.2, 0) is 0 Å².